The summed E-state index contributed by atoms with van der Waals surface area (Å²) in [6.45, 7) is 1.77. The van der Waals surface area contributed by atoms with Gasteiger partial charge in [-0.25, -0.2) is 9.65 Å². The van der Waals surface area contributed by atoms with Crippen LogP contribution in [0.15, 0.2) is 60.7 Å². The second-order valence-electron chi connectivity index (χ2n) is 4.98. The zero-order valence-electron chi connectivity index (χ0n) is 12.8. The molecule has 0 saturated heterocycles. The Balaban J connectivity index is 2.02. The van der Waals surface area contributed by atoms with Gasteiger partial charge in [-0.3, -0.25) is 13.8 Å². The van der Waals surface area contributed by atoms with E-state index in [1.807, 2.05) is 60.7 Å². The van der Waals surface area contributed by atoms with E-state index in [1.54, 1.807) is 6.29 Å². The molecule has 0 aliphatic rings. The number of nitrogens with one attached hydrogen (secondary N) is 1. The van der Waals surface area contributed by atoms with Gasteiger partial charge in [0.25, 0.3) is 0 Å². The van der Waals surface area contributed by atoms with Crippen LogP contribution in [0.3, 0.4) is 0 Å². The molecule has 0 aromatic heterocycles. The molecule has 0 fully saturated rings. The van der Waals surface area contributed by atoms with Gasteiger partial charge in [0.2, 0.25) is 6.29 Å². The van der Waals surface area contributed by atoms with Crippen LogP contribution in [-0.2, 0) is 31.6 Å². The molecule has 5 nitrogen and oxygen atoms in total. The van der Waals surface area contributed by atoms with Crippen LogP contribution in [0.1, 0.15) is 18.1 Å². The summed E-state index contributed by atoms with van der Waals surface area (Å²) in [5, 5.41) is 2.57. The normalized spacial score (nSPS) is 12.7. The summed E-state index contributed by atoms with van der Waals surface area (Å²) in [5.74, 6) is 0. The van der Waals surface area contributed by atoms with E-state index in [4.69, 9.17) is 9.05 Å². The second-order valence-corrected chi connectivity index (χ2v) is 6.75. The van der Waals surface area contributed by atoms with Gasteiger partial charge in [0, 0.05) is 0 Å². The number of rotatable bonds is 9. The number of benzene rings is 2. The molecular formula is C17H19NO4P. The van der Waals surface area contributed by atoms with Crippen LogP contribution in [0.2, 0.25) is 0 Å². The first-order valence-corrected chi connectivity index (χ1v) is 8.78. The molecule has 0 aliphatic carbocycles. The Hall–Kier alpha value is -1.78. The maximum Gasteiger partial charge on any atom is 0.406 e. The smallest absolute Gasteiger partial charge is 0.292 e. The molecule has 23 heavy (non-hydrogen) atoms. The highest BCUT2D eigenvalue weighted by Crippen LogP contribution is 2.45. The fourth-order valence-electron chi connectivity index (χ4n) is 1.84. The van der Waals surface area contributed by atoms with Crippen LogP contribution in [0.4, 0.5) is 0 Å². The van der Waals surface area contributed by atoms with Gasteiger partial charge in [-0.05, 0) is 18.1 Å². The van der Waals surface area contributed by atoms with E-state index in [0.29, 0.717) is 0 Å². The molecule has 0 heterocycles. The summed E-state index contributed by atoms with van der Waals surface area (Å²) < 4.78 is 23.7. The van der Waals surface area contributed by atoms with Gasteiger partial charge in [0.05, 0.1) is 19.3 Å². The van der Waals surface area contributed by atoms with Crippen molar-refractivity contribution in [3.05, 3.63) is 71.8 Å². The van der Waals surface area contributed by atoms with Gasteiger partial charge >= 0.3 is 7.75 Å². The second kappa shape index (κ2) is 8.75. The van der Waals surface area contributed by atoms with Crippen LogP contribution in [0, 0.1) is 0 Å². The summed E-state index contributed by atoms with van der Waals surface area (Å²) in [6.07, 6.45) is 1.72. The van der Waals surface area contributed by atoms with Crippen LogP contribution >= 0.6 is 7.75 Å². The summed E-state index contributed by atoms with van der Waals surface area (Å²) in [7, 11) is -3.64. The Morgan fingerprint density at radius 2 is 1.39 bits per heavy atom. The van der Waals surface area contributed by atoms with Gasteiger partial charge in [-0.15, -0.1) is 0 Å². The minimum Gasteiger partial charge on any atom is -0.292 e. The summed E-state index contributed by atoms with van der Waals surface area (Å²) in [4.78, 5) is 10.7. The largest absolute Gasteiger partial charge is 0.406 e. The predicted octanol–water partition coefficient (Wildman–Crippen LogP) is 3.62. The third-order valence-electron chi connectivity index (χ3n) is 3.02. The molecule has 0 amide bonds. The van der Waals surface area contributed by atoms with E-state index < -0.39 is 13.8 Å². The molecule has 0 unspecified atom stereocenters. The Morgan fingerprint density at radius 1 is 0.957 bits per heavy atom. The quantitative estimate of drug-likeness (QED) is 0.711. The summed E-state index contributed by atoms with van der Waals surface area (Å²) >= 11 is 0. The highest BCUT2D eigenvalue weighted by Gasteiger charge is 2.27. The average Bonchev–Trinajstić information content (AvgIpc) is 2.60. The maximum absolute atomic E-state index is 12.8. The van der Waals surface area contributed by atoms with E-state index in [0.717, 1.165) is 11.1 Å². The van der Waals surface area contributed by atoms with Crippen molar-refractivity contribution in [1.29, 1.82) is 0 Å². The summed E-state index contributed by atoms with van der Waals surface area (Å²) in [5.41, 5.74) is 1.72. The van der Waals surface area contributed by atoms with Crippen molar-refractivity contribution in [2.45, 2.75) is 26.2 Å². The molecule has 6 heteroatoms. The third-order valence-corrected chi connectivity index (χ3v) is 4.66. The Bertz CT molecular complexity index is 601. The molecular weight excluding hydrogens is 313 g/mol. The van der Waals surface area contributed by atoms with Crippen molar-refractivity contribution >= 4 is 14.0 Å². The van der Waals surface area contributed by atoms with E-state index in [1.165, 1.54) is 6.92 Å². The Labute approximate surface area is 136 Å². The molecule has 0 aliphatic heterocycles. The van der Waals surface area contributed by atoms with E-state index in [-0.39, 0.29) is 13.2 Å². The minimum absolute atomic E-state index is 0.117. The van der Waals surface area contributed by atoms with Gasteiger partial charge in [-0.2, -0.15) is 0 Å². The lowest BCUT2D eigenvalue weighted by Gasteiger charge is -2.20. The highest BCUT2D eigenvalue weighted by atomic mass is 31.2. The van der Waals surface area contributed by atoms with Crippen molar-refractivity contribution in [1.82, 2.24) is 5.09 Å². The van der Waals surface area contributed by atoms with Crippen molar-refractivity contribution < 1.29 is 18.4 Å². The summed E-state index contributed by atoms with van der Waals surface area (Å²) in [6, 6.07) is 17.9. The third kappa shape index (κ3) is 6.08. The number of hydrogen-bond donors (Lipinski definition) is 1. The van der Waals surface area contributed by atoms with Crippen molar-refractivity contribution in [3.63, 3.8) is 0 Å². The molecule has 1 N–H and O–H groups in total. The lowest BCUT2D eigenvalue weighted by atomic mass is 10.2. The number of carbonyl (C=O) groups excluding carboxylic acids is 1. The van der Waals surface area contributed by atoms with Crippen molar-refractivity contribution in [2.75, 3.05) is 0 Å². The first kappa shape index (κ1) is 17.6. The van der Waals surface area contributed by atoms with Gasteiger partial charge in [-0.1, -0.05) is 60.7 Å². The zero-order valence-corrected chi connectivity index (χ0v) is 13.7. The van der Waals surface area contributed by atoms with Gasteiger partial charge in [0.15, 0.2) is 0 Å². The monoisotopic (exact) mass is 332 g/mol. The Morgan fingerprint density at radius 3 is 1.78 bits per heavy atom. The van der Waals surface area contributed by atoms with Crippen LogP contribution in [0.25, 0.3) is 0 Å². The zero-order chi connectivity index (χ0) is 16.5. The van der Waals surface area contributed by atoms with Crippen molar-refractivity contribution in [3.8, 4) is 0 Å². The molecule has 1 atom stereocenters. The fraction of sp³-hybridized carbons (Fsp3) is 0.235. The minimum atomic E-state index is -3.64. The van der Waals surface area contributed by atoms with Crippen LogP contribution in [0.5, 0.6) is 0 Å². The predicted molar refractivity (Wildman–Crippen MR) is 88.4 cm³/mol. The van der Waals surface area contributed by atoms with E-state index >= 15 is 0 Å². The number of hydrogen-bond acceptors (Lipinski definition) is 4. The fourth-order valence-corrected chi connectivity index (χ4v) is 3.23. The standard InChI is InChI=1S/C17H19NO4P/c1-15(12-19)18-23(20,21-13-16-8-4-2-5-9-16)22-14-17-10-6-3-7-11-17/h2-11,15H,13-14H2,1H3,(H,18,20)/t15-/m0/s1. The molecule has 0 saturated carbocycles. The van der Waals surface area contributed by atoms with Crippen molar-refractivity contribution in [2.24, 2.45) is 0 Å². The first-order chi connectivity index (χ1) is 11.1. The van der Waals surface area contributed by atoms with E-state index in [2.05, 4.69) is 5.09 Å². The lowest BCUT2D eigenvalue weighted by molar-refractivity contribution is 0.181. The molecule has 2 aromatic rings. The molecule has 1 radical (unpaired) electrons. The molecule has 2 aromatic carbocycles. The molecule has 121 valence electrons. The molecule has 2 rings (SSSR count). The van der Waals surface area contributed by atoms with Gasteiger partial charge < -0.3 is 0 Å². The SMILES string of the molecule is C[C@@H]([C]=O)NP(=O)(OCc1ccccc1)OCc1ccccc1. The highest BCUT2D eigenvalue weighted by molar-refractivity contribution is 7.51. The molecule has 0 bridgehead atoms. The van der Waals surface area contributed by atoms with Gasteiger partial charge in [0.1, 0.15) is 0 Å². The first-order valence-electron chi connectivity index (χ1n) is 7.24. The van der Waals surface area contributed by atoms with Crippen LogP contribution in [-0.4, -0.2) is 12.3 Å². The average molecular weight is 332 g/mol. The maximum atomic E-state index is 12.8. The Kier molecular flexibility index (Phi) is 6.68. The topological polar surface area (TPSA) is 64.6 Å². The lowest BCUT2D eigenvalue weighted by Crippen LogP contribution is -2.26. The van der Waals surface area contributed by atoms with E-state index in [9.17, 15) is 9.36 Å². The molecule has 0 spiro atoms. The van der Waals surface area contributed by atoms with Crippen LogP contribution < -0.4 is 5.09 Å².